The first-order valence-corrected chi connectivity index (χ1v) is 14.8. The Bertz CT molecular complexity index is 1580. The summed E-state index contributed by atoms with van der Waals surface area (Å²) < 4.78 is 37.9. The van der Waals surface area contributed by atoms with Crippen LogP contribution in [0.25, 0.3) is 4.85 Å². The summed E-state index contributed by atoms with van der Waals surface area (Å²) >= 11 is 0. The van der Waals surface area contributed by atoms with Gasteiger partial charge in [0.05, 0.1) is 23.3 Å². The Kier molecular flexibility index (Phi) is 11.9. The fraction of sp³-hybridized carbons (Fsp3) is 0.243. The largest absolute Gasteiger partial charge is 0.423 e. The number of hydrogen-bond acceptors (Lipinski definition) is 5. The first kappa shape index (κ1) is 32.6. The molecule has 0 aromatic heterocycles. The minimum atomic E-state index is -0.730. The molecule has 4 aromatic rings. The molecule has 0 bridgehead atoms. The molecule has 0 N–H and O–H groups in total. The summed E-state index contributed by atoms with van der Waals surface area (Å²) in [5.74, 6) is -2.50. The van der Waals surface area contributed by atoms with Crippen LogP contribution in [0, 0.1) is 29.5 Å². The van der Waals surface area contributed by atoms with Crippen molar-refractivity contribution in [1.29, 1.82) is 5.26 Å². The summed E-state index contributed by atoms with van der Waals surface area (Å²) in [7, 11) is 0. The van der Waals surface area contributed by atoms with Crippen molar-refractivity contribution in [3.05, 3.63) is 136 Å². The highest BCUT2D eigenvalue weighted by Gasteiger charge is 2.12. The average Bonchev–Trinajstić information content (AvgIpc) is 3.04. The lowest BCUT2D eigenvalue weighted by molar-refractivity contribution is 0.0724. The summed E-state index contributed by atoms with van der Waals surface area (Å²) in [6.07, 6.45) is 9.71. The zero-order valence-corrected chi connectivity index (χ0v) is 24.7. The minimum Gasteiger partial charge on any atom is -0.423 e. The molecule has 0 aliphatic heterocycles. The number of rotatable bonds is 14. The normalized spacial score (nSPS) is 10.5. The molecular weight excluding hydrogens is 574 g/mol. The number of aryl methyl sites for hydroxylation is 2. The van der Waals surface area contributed by atoms with Gasteiger partial charge < -0.3 is 9.47 Å². The molecule has 0 saturated heterocycles. The van der Waals surface area contributed by atoms with Gasteiger partial charge in [-0.3, -0.25) is 0 Å². The van der Waals surface area contributed by atoms with E-state index in [-0.39, 0.29) is 22.7 Å². The van der Waals surface area contributed by atoms with Gasteiger partial charge in [0.25, 0.3) is 0 Å². The van der Waals surface area contributed by atoms with Gasteiger partial charge in [0.1, 0.15) is 29.2 Å². The maximum Gasteiger partial charge on any atom is 0.343 e. The molecule has 0 atom stereocenters. The molecule has 0 amide bonds. The van der Waals surface area contributed by atoms with Crippen LogP contribution in [0.3, 0.4) is 0 Å². The Hall–Kier alpha value is -5.34. The van der Waals surface area contributed by atoms with Gasteiger partial charge >= 0.3 is 11.9 Å². The SMILES string of the molecule is [C-]#[N+]c1ccc(OC(=O)c2ccc(CCCCCCCCCc3ccc(C(=O)Oc4ccc(C#N)c(F)c4)cc3)cc2)cc1F. The highest BCUT2D eigenvalue weighted by Crippen LogP contribution is 2.24. The van der Waals surface area contributed by atoms with Crippen molar-refractivity contribution in [3.8, 4) is 17.6 Å². The fourth-order valence-corrected chi connectivity index (χ4v) is 4.78. The van der Waals surface area contributed by atoms with E-state index in [1.165, 1.54) is 30.7 Å². The second-order valence-electron chi connectivity index (χ2n) is 10.6. The van der Waals surface area contributed by atoms with Crippen molar-refractivity contribution >= 4 is 17.6 Å². The molecule has 0 fully saturated rings. The predicted octanol–water partition coefficient (Wildman–Crippen LogP) is 9.34. The molecule has 0 aliphatic carbocycles. The molecule has 4 aromatic carbocycles. The van der Waals surface area contributed by atoms with E-state index in [2.05, 4.69) is 4.85 Å². The molecule has 0 spiro atoms. The predicted molar refractivity (Wildman–Crippen MR) is 166 cm³/mol. The second kappa shape index (κ2) is 16.5. The summed E-state index contributed by atoms with van der Waals surface area (Å²) in [6, 6.07) is 23.6. The number of ether oxygens (including phenoxy) is 2. The molecule has 8 heteroatoms. The van der Waals surface area contributed by atoms with E-state index >= 15 is 0 Å². The van der Waals surface area contributed by atoms with Gasteiger partial charge in [0.15, 0.2) is 0 Å². The van der Waals surface area contributed by atoms with Gasteiger partial charge in [0, 0.05) is 12.1 Å². The van der Waals surface area contributed by atoms with Gasteiger partial charge in [0.2, 0.25) is 5.69 Å². The third kappa shape index (κ3) is 9.84. The number of esters is 2. The van der Waals surface area contributed by atoms with E-state index in [1.54, 1.807) is 30.3 Å². The van der Waals surface area contributed by atoms with Crippen molar-refractivity contribution in [2.75, 3.05) is 0 Å². The van der Waals surface area contributed by atoms with Crippen molar-refractivity contribution in [3.63, 3.8) is 0 Å². The Morgan fingerprint density at radius 3 is 1.51 bits per heavy atom. The molecule has 0 aliphatic rings. The number of benzene rings is 4. The third-order valence-electron chi connectivity index (χ3n) is 7.33. The van der Waals surface area contributed by atoms with Gasteiger partial charge in [-0.15, -0.1) is 0 Å². The number of unbranched alkanes of at least 4 members (excludes halogenated alkanes) is 6. The first-order valence-electron chi connectivity index (χ1n) is 14.8. The van der Waals surface area contributed by atoms with E-state index in [4.69, 9.17) is 21.3 Å². The van der Waals surface area contributed by atoms with Gasteiger partial charge in [-0.05, 0) is 85.3 Å². The molecule has 0 unspecified atom stereocenters. The molecule has 0 radical (unpaired) electrons. The minimum absolute atomic E-state index is 0.0528. The standard InChI is InChI=1S/C37H32F2N2O4/c1-41-35-22-21-32(24-34(35)39)45-37(43)29-17-13-27(14-18-29)10-8-6-4-2-3-5-7-9-26-11-15-28(16-12-26)36(42)44-31-20-19-30(25-40)33(38)23-31/h11-24H,2-10H2. The van der Waals surface area contributed by atoms with Gasteiger partial charge in [-0.1, -0.05) is 56.4 Å². The average molecular weight is 607 g/mol. The third-order valence-corrected chi connectivity index (χ3v) is 7.33. The summed E-state index contributed by atoms with van der Waals surface area (Å²) in [6.45, 7) is 6.89. The smallest absolute Gasteiger partial charge is 0.343 e. The number of carbonyl (C=O) groups is 2. The summed E-state index contributed by atoms with van der Waals surface area (Å²) in [5.41, 5.74) is 2.81. The van der Waals surface area contributed by atoms with E-state index in [9.17, 15) is 18.4 Å². The van der Waals surface area contributed by atoms with Crippen molar-refractivity contribution in [2.24, 2.45) is 0 Å². The quantitative estimate of drug-likeness (QED) is 0.0618. The van der Waals surface area contributed by atoms with Crippen LogP contribution < -0.4 is 9.47 Å². The Morgan fingerprint density at radius 2 is 1.09 bits per heavy atom. The lowest BCUT2D eigenvalue weighted by Crippen LogP contribution is -2.08. The van der Waals surface area contributed by atoms with Crippen LogP contribution in [0.15, 0.2) is 84.9 Å². The highest BCUT2D eigenvalue weighted by atomic mass is 19.1. The summed E-state index contributed by atoms with van der Waals surface area (Å²) in [5, 5.41) is 8.81. The van der Waals surface area contributed by atoms with Crippen LogP contribution in [-0.2, 0) is 12.8 Å². The van der Waals surface area contributed by atoms with Crippen LogP contribution in [0.4, 0.5) is 14.5 Å². The first-order chi connectivity index (χ1) is 21.9. The van der Waals surface area contributed by atoms with Gasteiger partial charge in [-0.25, -0.2) is 23.2 Å². The zero-order valence-electron chi connectivity index (χ0n) is 24.7. The lowest BCUT2D eigenvalue weighted by Gasteiger charge is -2.07. The molecular formula is C37H32F2N2O4. The van der Waals surface area contributed by atoms with Crippen molar-refractivity contribution in [1.82, 2.24) is 0 Å². The monoisotopic (exact) mass is 606 g/mol. The molecule has 228 valence electrons. The number of halogens is 2. The molecule has 0 heterocycles. The van der Waals surface area contributed by atoms with E-state index in [0.717, 1.165) is 74.6 Å². The van der Waals surface area contributed by atoms with Crippen LogP contribution in [0.5, 0.6) is 11.5 Å². The number of nitrogens with zero attached hydrogens (tertiary/aromatic N) is 2. The Balaban J connectivity index is 1.06. The maximum absolute atomic E-state index is 13.7. The molecule has 4 rings (SSSR count). The molecule has 0 saturated carbocycles. The van der Waals surface area contributed by atoms with Crippen LogP contribution >= 0.6 is 0 Å². The van der Waals surface area contributed by atoms with Crippen molar-refractivity contribution in [2.45, 2.75) is 57.8 Å². The summed E-state index contributed by atoms with van der Waals surface area (Å²) in [4.78, 5) is 27.8. The molecule has 45 heavy (non-hydrogen) atoms. The number of hydrogen-bond donors (Lipinski definition) is 0. The second-order valence-corrected chi connectivity index (χ2v) is 10.6. The Morgan fingerprint density at radius 1 is 0.644 bits per heavy atom. The van der Waals surface area contributed by atoms with E-state index in [0.29, 0.717) is 11.1 Å². The Labute approximate surface area is 261 Å². The topological polar surface area (TPSA) is 80.8 Å². The van der Waals surface area contributed by atoms with Gasteiger partial charge in [-0.2, -0.15) is 5.26 Å². The highest BCUT2D eigenvalue weighted by molar-refractivity contribution is 5.91. The van der Waals surface area contributed by atoms with Crippen LogP contribution in [0.2, 0.25) is 0 Å². The number of nitriles is 1. The fourth-order valence-electron chi connectivity index (χ4n) is 4.78. The lowest BCUT2D eigenvalue weighted by atomic mass is 10.0. The van der Waals surface area contributed by atoms with Crippen molar-refractivity contribution < 1.29 is 27.8 Å². The molecule has 6 nitrogen and oxygen atoms in total. The van der Waals surface area contributed by atoms with E-state index in [1.807, 2.05) is 24.3 Å². The maximum atomic E-state index is 13.7. The number of carbonyl (C=O) groups excluding carboxylic acids is 2. The van der Waals surface area contributed by atoms with Crippen LogP contribution in [0.1, 0.15) is 82.4 Å². The van der Waals surface area contributed by atoms with E-state index < -0.39 is 23.6 Å². The zero-order chi connectivity index (χ0) is 32.0. The van der Waals surface area contributed by atoms with Crippen LogP contribution in [-0.4, -0.2) is 11.9 Å².